The minimum absolute atomic E-state index is 0.0393. The molecule has 7 heteroatoms. The van der Waals surface area contributed by atoms with Crippen molar-refractivity contribution in [3.05, 3.63) is 48.9 Å². The van der Waals surface area contributed by atoms with Crippen LogP contribution in [0.1, 0.15) is 33.6 Å². The van der Waals surface area contributed by atoms with Crippen LogP contribution < -0.4 is 10.2 Å². The summed E-state index contributed by atoms with van der Waals surface area (Å²) in [5, 5.41) is 4.08. The number of fused-ring (bicyclic) bond motifs is 1. The zero-order valence-electron chi connectivity index (χ0n) is 17.6. The lowest BCUT2D eigenvalue weighted by Gasteiger charge is -2.35. The number of hydrogen-bond donors (Lipinski definition) is 1. The number of benzene rings is 1. The van der Waals surface area contributed by atoms with Crippen molar-refractivity contribution in [3.8, 4) is 11.4 Å². The maximum atomic E-state index is 12.2. The molecule has 0 aliphatic carbocycles. The third-order valence-electron chi connectivity index (χ3n) is 5.03. The van der Waals surface area contributed by atoms with Crippen LogP contribution in [0, 0.1) is 0 Å². The minimum atomic E-state index is -0.504. The van der Waals surface area contributed by atoms with Crippen molar-refractivity contribution < 1.29 is 9.53 Å². The normalized spacial score (nSPS) is 17.0. The minimum Gasteiger partial charge on any atom is -0.444 e. The summed E-state index contributed by atoms with van der Waals surface area (Å²) in [7, 11) is 0. The average molecular weight is 406 g/mol. The van der Waals surface area contributed by atoms with E-state index in [0.29, 0.717) is 5.82 Å². The number of nitrogens with one attached hydrogen (secondary N) is 1. The quantitative estimate of drug-likeness (QED) is 0.704. The molecule has 3 aromatic rings. The molecule has 0 radical (unpaired) electrons. The molecule has 1 aromatic carbocycles. The highest BCUT2D eigenvalue weighted by molar-refractivity contribution is 5.94. The first-order chi connectivity index (χ1) is 14.4. The summed E-state index contributed by atoms with van der Waals surface area (Å²) in [5.41, 5.74) is 2.48. The second-order valence-corrected chi connectivity index (χ2v) is 8.57. The molecule has 0 bridgehead atoms. The Bertz CT molecular complexity index is 1030. The number of ether oxygens (including phenoxy) is 1. The first-order valence-electron chi connectivity index (χ1n) is 10.3. The predicted molar refractivity (Wildman–Crippen MR) is 117 cm³/mol. The summed E-state index contributed by atoms with van der Waals surface area (Å²) in [6.07, 6.45) is 6.88. The molecule has 1 N–H and O–H groups in total. The van der Waals surface area contributed by atoms with Crippen LogP contribution in [-0.4, -0.2) is 45.8 Å². The van der Waals surface area contributed by atoms with Gasteiger partial charge in [-0.1, -0.05) is 0 Å². The van der Waals surface area contributed by atoms with Gasteiger partial charge in [0.1, 0.15) is 5.60 Å². The highest BCUT2D eigenvalue weighted by Gasteiger charge is 2.25. The van der Waals surface area contributed by atoms with Gasteiger partial charge in [-0.3, -0.25) is 4.98 Å². The third kappa shape index (κ3) is 4.67. The standard InChI is InChI=1S/C23H27N5O2/c1-23(2,3)30-22(29)27-17-6-4-13-28(15-17)20-9-12-24-19-8-7-16(14-18(19)20)21-25-10-5-11-26-21/h5,7-12,14,17H,4,6,13,15H2,1-3H3,(H,27,29). The Morgan fingerprint density at radius 1 is 1.13 bits per heavy atom. The molecule has 156 valence electrons. The summed E-state index contributed by atoms with van der Waals surface area (Å²) in [5.74, 6) is 0.692. The van der Waals surface area contributed by atoms with E-state index in [0.717, 1.165) is 48.1 Å². The van der Waals surface area contributed by atoms with Gasteiger partial charge in [-0.15, -0.1) is 0 Å². The van der Waals surface area contributed by atoms with Gasteiger partial charge in [0.25, 0.3) is 0 Å². The number of alkyl carbamates (subject to hydrolysis) is 1. The molecule has 2 aromatic heterocycles. The zero-order valence-corrected chi connectivity index (χ0v) is 17.6. The molecule has 1 aliphatic rings. The summed E-state index contributed by atoms with van der Waals surface area (Å²) in [4.78, 5) is 27.8. The van der Waals surface area contributed by atoms with E-state index in [2.05, 4.69) is 31.2 Å². The number of amides is 1. The lowest BCUT2D eigenvalue weighted by Crippen LogP contribution is -2.49. The Morgan fingerprint density at radius 2 is 1.93 bits per heavy atom. The fourth-order valence-corrected chi connectivity index (χ4v) is 3.78. The molecule has 0 spiro atoms. The average Bonchev–Trinajstić information content (AvgIpc) is 2.72. The topological polar surface area (TPSA) is 80.2 Å². The molecule has 1 saturated heterocycles. The Balaban J connectivity index is 1.58. The van der Waals surface area contributed by atoms with Crippen LogP contribution in [0.2, 0.25) is 0 Å². The molecule has 1 atom stereocenters. The Kier molecular flexibility index (Phi) is 5.53. The van der Waals surface area contributed by atoms with Gasteiger partial charge in [-0.25, -0.2) is 14.8 Å². The number of nitrogens with zero attached hydrogens (tertiary/aromatic N) is 4. The van der Waals surface area contributed by atoms with Crippen LogP contribution in [0.25, 0.3) is 22.3 Å². The number of aromatic nitrogens is 3. The molecular weight excluding hydrogens is 378 g/mol. The fourth-order valence-electron chi connectivity index (χ4n) is 3.78. The summed E-state index contributed by atoms with van der Waals surface area (Å²) in [6.45, 7) is 7.27. The second-order valence-electron chi connectivity index (χ2n) is 8.57. The molecule has 7 nitrogen and oxygen atoms in total. The zero-order chi connectivity index (χ0) is 21.1. The predicted octanol–water partition coefficient (Wildman–Crippen LogP) is 4.19. The number of carbonyl (C=O) groups is 1. The van der Waals surface area contributed by atoms with Crippen LogP contribution in [0.15, 0.2) is 48.9 Å². The third-order valence-corrected chi connectivity index (χ3v) is 5.03. The van der Waals surface area contributed by atoms with E-state index in [4.69, 9.17) is 4.74 Å². The Morgan fingerprint density at radius 3 is 2.70 bits per heavy atom. The molecule has 0 saturated carbocycles. The van der Waals surface area contributed by atoms with Gasteiger partial charge in [-0.2, -0.15) is 0 Å². The van der Waals surface area contributed by atoms with Gasteiger partial charge in [-0.05, 0) is 63.9 Å². The summed E-state index contributed by atoms with van der Waals surface area (Å²) in [6, 6.07) is 9.98. The molecular formula is C23H27N5O2. The lowest BCUT2D eigenvalue weighted by molar-refractivity contribution is 0.0500. The number of hydrogen-bond acceptors (Lipinski definition) is 6. The molecule has 30 heavy (non-hydrogen) atoms. The van der Waals surface area contributed by atoms with Crippen LogP contribution in [-0.2, 0) is 4.74 Å². The smallest absolute Gasteiger partial charge is 0.407 e. The van der Waals surface area contributed by atoms with E-state index in [9.17, 15) is 4.79 Å². The van der Waals surface area contributed by atoms with E-state index in [1.54, 1.807) is 12.4 Å². The Labute approximate surface area is 176 Å². The van der Waals surface area contributed by atoms with Crippen molar-refractivity contribution in [2.75, 3.05) is 18.0 Å². The molecule has 1 unspecified atom stereocenters. The molecule has 4 rings (SSSR count). The summed E-state index contributed by atoms with van der Waals surface area (Å²) < 4.78 is 5.42. The van der Waals surface area contributed by atoms with Gasteiger partial charge in [0.2, 0.25) is 0 Å². The number of carbonyl (C=O) groups excluding carboxylic acids is 1. The fraction of sp³-hybridized carbons (Fsp3) is 0.391. The molecule has 1 fully saturated rings. The van der Waals surface area contributed by atoms with Crippen LogP contribution in [0.3, 0.4) is 0 Å². The highest BCUT2D eigenvalue weighted by Crippen LogP contribution is 2.30. The molecule has 1 amide bonds. The first kappa shape index (κ1) is 20.1. The van der Waals surface area contributed by atoms with Crippen molar-refractivity contribution in [2.45, 2.75) is 45.3 Å². The molecule has 3 heterocycles. The van der Waals surface area contributed by atoms with Crippen molar-refractivity contribution in [1.29, 1.82) is 0 Å². The van der Waals surface area contributed by atoms with Crippen molar-refractivity contribution in [3.63, 3.8) is 0 Å². The number of pyridine rings is 1. The maximum Gasteiger partial charge on any atom is 0.407 e. The van der Waals surface area contributed by atoms with Crippen LogP contribution in [0.4, 0.5) is 10.5 Å². The number of anilines is 1. The van der Waals surface area contributed by atoms with Crippen molar-refractivity contribution in [2.24, 2.45) is 0 Å². The SMILES string of the molecule is CC(C)(C)OC(=O)NC1CCCN(c2ccnc3ccc(-c4ncccn4)cc23)C1. The van der Waals surface area contributed by atoms with E-state index >= 15 is 0 Å². The second kappa shape index (κ2) is 8.26. The van der Waals surface area contributed by atoms with E-state index in [1.807, 2.05) is 51.2 Å². The maximum absolute atomic E-state index is 12.2. The Hall–Kier alpha value is -3.22. The highest BCUT2D eigenvalue weighted by atomic mass is 16.6. The lowest BCUT2D eigenvalue weighted by atomic mass is 10.0. The van der Waals surface area contributed by atoms with Gasteiger partial charge in [0.05, 0.1) is 5.52 Å². The van der Waals surface area contributed by atoms with Crippen LogP contribution >= 0.6 is 0 Å². The number of rotatable bonds is 3. The molecule has 1 aliphatic heterocycles. The number of piperidine rings is 1. The van der Waals surface area contributed by atoms with Crippen molar-refractivity contribution >= 4 is 22.7 Å². The van der Waals surface area contributed by atoms with Gasteiger partial charge >= 0.3 is 6.09 Å². The first-order valence-corrected chi connectivity index (χ1v) is 10.3. The summed E-state index contributed by atoms with van der Waals surface area (Å²) >= 11 is 0. The van der Waals surface area contributed by atoms with Gasteiger partial charge in [0, 0.05) is 54.4 Å². The van der Waals surface area contributed by atoms with E-state index in [-0.39, 0.29) is 12.1 Å². The van der Waals surface area contributed by atoms with Gasteiger partial charge < -0.3 is 15.0 Å². The van der Waals surface area contributed by atoms with Crippen molar-refractivity contribution in [1.82, 2.24) is 20.3 Å². The largest absolute Gasteiger partial charge is 0.444 e. The monoisotopic (exact) mass is 405 g/mol. The van der Waals surface area contributed by atoms with Gasteiger partial charge in [0.15, 0.2) is 5.82 Å². The van der Waals surface area contributed by atoms with Crippen LogP contribution in [0.5, 0.6) is 0 Å². The van der Waals surface area contributed by atoms with E-state index in [1.165, 1.54) is 0 Å². The van der Waals surface area contributed by atoms with E-state index < -0.39 is 5.60 Å².